The van der Waals surface area contributed by atoms with E-state index in [-0.39, 0.29) is 24.1 Å². The smallest absolute Gasteiger partial charge is 0.405 e. The van der Waals surface area contributed by atoms with Gasteiger partial charge in [0.2, 0.25) is 0 Å². The SMILES string of the molecule is O=C(NCC(N1CCNCC1)C(F)(F)F)c1ccc(Cl)o1. The molecule has 9 heteroatoms. The van der Waals surface area contributed by atoms with Crippen molar-refractivity contribution >= 4 is 17.5 Å². The molecule has 0 aliphatic carbocycles. The monoisotopic (exact) mass is 325 g/mol. The molecule has 1 fully saturated rings. The fourth-order valence-corrected chi connectivity index (χ4v) is 2.30. The molecular formula is C12H15ClF3N3O2. The molecule has 1 aromatic heterocycles. The normalized spacial score (nSPS) is 18.5. The summed E-state index contributed by atoms with van der Waals surface area (Å²) in [4.78, 5) is 13.0. The Morgan fingerprint density at radius 3 is 2.62 bits per heavy atom. The van der Waals surface area contributed by atoms with E-state index in [1.807, 2.05) is 0 Å². The number of hydrogen-bond donors (Lipinski definition) is 2. The number of halogens is 4. The Bertz CT molecular complexity index is 486. The molecule has 1 amide bonds. The zero-order chi connectivity index (χ0) is 15.5. The molecule has 1 aliphatic rings. The highest BCUT2D eigenvalue weighted by Crippen LogP contribution is 2.25. The first-order chi connectivity index (χ1) is 9.88. The van der Waals surface area contributed by atoms with Crippen LogP contribution < -0.4 is 10.6 Å². The summed E-state index contributed by atoms with van der Waals surface area (Å²) in [5.41, 5.74) is 0. The molecule has 1 saturated heterocycles. The maximum Gasteiger partial charge on any atom is 0.405 e. The molecule has 21 heavy (non-hydrogen) atoms. The molecule has 1 aromatic rings. The maximum atomic E-state index is 13.1. The highest BCUT2D eigenvalue weighted by atomic mass is 35.5. The van der Waals surface area contributed by atoms with Gasteiger partial charge in [0, 0.05) is 32.7 Å². The van der Waals surface area contributed by atoms with Crippen molar-refractivity contribution < 1.29 is 22.4 Å². The summed E-state index contributed by atoms with van der Waals surface area (Å²) in [7, 11) is 0. The fourth-order valence-electron chi connectivity index (χ4n) is 2.16. The first-order valence-corrected chi connectivity index (χ1v) is 6.81. The number of carbonyl (C=O) groups excluding carboxylic acids is 1. The van der Waals surface area contributed by atoms with E-state index in [1.54, 1.807) is 0 Å². The van der Waals surface area contributed by atoms with Gasteiger partial charge in [0.25, 0.3) is 5.91 Å². The Labute approximate surface area is 124 Å². The number of piperazine rings is 1. The van der Waals surface area contributed by atoms with Gasteiger partial charge < -0.3 is 15.1 Å². The Kier molecular flexibility index (Phi) is 5.13. The molecule has 0 radical (unpaired) electrons. The van der Waals surface area contributed by atoms with E-state index in [9.17, 15) is 18.0 Å². The van der Waals surface area contributed by atoms with Crippen LogP contribution in [0.3, 0.4) is 0 Å². The van der Waals surface area contributed by atoms with E-state index in [4.69, 9.17) is 16.0 Å². The summed E-state index contributed by atoms with van der Waals surface area (Å²) in [6, 6.07) is 0.952. The number of amides is 1. The van der Waals surface area contributed by atoms with Gasteiger partial charge in [-0.25, -0.2) is 0 Å². The number of nitrogens with one attached hydrogen (secondary N) is 2. The van der Waals surface area contributed by atoms with Crippen LogP contribution in [0.15, 0.2) is 16.5 Å². The van der Waals surface area contributed by atoms with Crippen LogP contribution in [0.2, 0.25) is 5.22 Å². The van der Waals surface area contributed by atoms with E-state index in [2.05, 4.69) is 10.6 Å². The number of hydrogen-bond acceptors (Lipinski definition) is 4. The number of furan rings is 1. The highest BCUT2D eigenvalue weighted by molar-refractivity contribution is 6.29. The zero-order valence-electron chi connectivity index (χ0n) is 11.0. The van der Waals surface area contributed by atoms with Crippen LogP contribution in [-0.4, -0.2) is 55.7 Å². The Morgan fingerprint density at radius 2 is 2.10 bits per heavy atom. The van der Waals surface area contributed by atoms with E-state index < -0.39 is 24.7 Å². The molecule has 1 unspecified atom stereocenters. The number of nitrogens with zero attached hydrogens (tertiary/aromatic N) is 1. The minimum Gasteiger partial charge on any atom is -0.440 e. The predicted molar refractivity (Wildman–Crippen MR) is 70.3 cm³/mol. The lowest BCUT2D eigenvalue weighted by Crippen LogP contribution is -2.57. The van der Waals surface area contributed by atoms with Crippen LogP contribution in [-0.2, 0) is 0 Å². The molecule has 1 atom stereocenters. The molecule has 2 heterocycles. The molecular weight excluding hydrogens is 311 g/mol. The second kappa shape index (κ2) is 6.67. The summed E-state index contributed by atoms with van der Waals surface area (Å²) >= 11 is 5.52. The first-order valence-electron chi connectivity index (χ1n) is 6.43. The number of alkyl halides is 3. The topological polar surface area (TPSA) is 57.5 Å². The van der Waals surface area contributed by atoms with Crippen molar-refractivity contribution in [2.75, 3.05) is 32.7 Å². The molecule has 2 rings (SSSR count). The standard InChI is InChI=1S/C12H15ClF3N3O2/c13-10-2-1-8(21-10)11(20)18-7-9(12(14,15)16)19-5-3-17-4-6-19/h1-2,9,17H,3-7H2,(H,18,20). The van der Waals surface area contributed by atoms with Crippen LogP contribution in [0.1, 0.15) is 10.6 Å². The minimum absolute atomic E-state index is 0.00891. The average molecular weight is 326 g/mol. The van der Waals surface area contributed by atoms with E-state index in [0.29, 0.717) is 13.1 Å². The van der Waals surface area contributed by atoms with E-state index >= 15 is 0 Å². The quantitative estimate of drug-likeness (QED) is 0.881. The number of rotatable bonds is 4. The second-order valence-corrected chi connectivity index (χ2v) is 5.03. The van der Waals surface area contributed by atoms with Crippen LogP contribution in [0.25, 0.3) is 0 Å². The van der Waals surface area contributed by atoms with Gasteiger partial charge in [-0.3, -0.25) is 9.69 Å². The molecule has 0 saturated carbocycles. The average Bonchev–Trinajstić information content (AvgIpc) is 2.85. The van der Waals surface area contributed by atoms with Gasteiger partial charge in [-0.15, -0.1) is 0 Å². The Morgan fingerprint density at radius 1 is 1.43 bits per heavy atom. The van der Waals surface area contributed by atoms with Crippen LogP contribution in [0.4, 0.5) is 13.2 Å². The molecule has 5 nitrogen and oxygen atoms in total. The minimum atomic E-state index is -4.41. The molecule has 118 valence electrons. The van der Waals surface area contributed by atoms with Crippen LogP contribution in [0.5, 0.6) is 0 Å². The highest BCUT2D eigenvalue weighted by Gasteiger charge is 2.43. The van der Waals surface area contributed by atoms with Gasteiger partial charge >= 0.3 is 6.18 Å². The predicted octanol–water partition coefficient (Wildman–Crippen LogP) is 1.50. The van der Waals surface area contributed by atoms with Gasteiger partial charge in [0.15, 0.2) is 11.0 Å². The van der Waals surface area contributed by atoms with Crippen LogP contribution in [0, 0.1) is 0 Å². The summed E-state index contributed by atoms with van der Waals surface area (Å²) in [5.74, 6) is -0.826. The summed E-state index contributed by atoms with van der Waals surface area (Å²) in [6.07, 6.45) is -4.41. The van der Waals surface area contributed by atoms with Gasteiger partial charge in [-0.05, 0) is 23.7 Å². The first kappa shape index (κ1) is 16.1. The van der Waals surface area contributed by atoms with Crippen molar-refractivity contribution in [2.45, 2.75) is 12.2 Å². The van der Waals surface area contributed by atoms with Crippen molar-refractivity contribution in [1.29, 1.82) is 0 Å². The lowest BCUT2D eigenvalue weighted by Gasteiger charge is -2.35. The fraction of sp³-hybridized carbons (Fsp3) is 0.583. The molecule has 1 aliphatic heterocycles. The third-order valence-corrected chi connectivity index (χ3v) is 3.43. The zero-order valence-corrected chi connectivity index (χ0v) is 11.8. The van der Waals surface area contributed by atoms with Gasteiger partial charge in [-0.2, -0.15) is 13.2 Å². The lowest BCUT2D eigenvalue weighted by atomic mass is 10.2. The molecule has 0 spiro atoms. The van der Waals surface area contributed by atoms with Gasteiger partial charge in [-0.1, -0.05) is 0 Å². The Balaban J connectivity index is 1.97. The summed E-state index contributed by atoms with van der Waals surface area (Å²) < 4.78 is 44.2. The van der Waals surface area contributed by atoms with Crippen molar-refractivity contribution in [1.82, 2.24) is 15.5 Å². The summed E-state index contributed by atoms with van der Waals surface area (Å²) in [5, 5.41) is 5.24. The van der Waals surface area contributed by atoms with Gasteiger partial charge in [0.05, 0.1) is 0 Å². The van der Waals surface area contributed by atoms with Crippen LogP contribution >= 0.6 is 11.6 Å². The largest absolute Gasteiger partial charge is 0.440 e. The lowest BCUT2D eigenvalue weighted by molar-refractivity contribution is -0.183. The van der Waals surface area contributed by atoms with Crippen molar-refractivity contribution in [3.05, 3.63) is 23.1 Å². The van der Waals surface area contributed by atoms with Crippen molar-refractivity contribution in [2.24, 2.45) is 0 Å². The maximum absolute atomic E-state index is 13.1. The second-order valence-electron chi connectivity index (χ2n) is 4.66. The number of carbonyl (C=O) groups is 1. The van der Waals surface area contributed by atoms with E-state index in [0.717, 1.165) is 0 Å². The van der Waals surface area contributed by atoms with Crippen molar-refractivity contribution in [3.8, 4) is 0 Å². The summed E-state index contributed by atoms with van der Waals surface area (Å²) in [6.45, 7) is 1.03. The van der Waals surface area contributed by atoms with Crippen molar-refractivity contribution in [3.63, 3.8) is 0 Å². The third-order valence-electron chi connectivity index (χ3n) is 3.22. The van der Waals surface area contributed by atoms with Gasteiger partial charge in [0.1, 0.15) is 6.04 Å². The molecule has 2 N–H and O–H groups in total. The molecule has 0 aromatic carbocycles. The third kappa shape index (κ3) is 4.36. The van der Waals surface area contributed by atoms with E-state index in [1.165, 1.54) is 17.0 Å². The molecule has 0 bridgehead atoms. The Hall–Kier alpha value is -1.25.